The van der Waals surface area contributed by atoms with Crippen molar-refractivity contribution in [2.75, 3.05) is 13.6 Å². The highest BCUT2D eigenvalue weighted by atomic mass is 16.5. The first-order chi connectivity index (χ1) is 7.40. The van der Waals surface area contributed by atoms with Gasteiger partial charge in [-0.2, -0.15) is 15.2 Å². The van der Waals surface area contributed by atoms with Crippen LogP contribution in [0.1, 0.15) is 5.82 Å². The van der Waals surface area contributed by atoms with E-state index in [0.29, 0.717) is 11.7 Å². The van der Waals surface area contributed by atoms with Gasteiger partial charge in [-0.25, -0.2) is 0 Å². The molecule has 6 nitrogen and oxygen atoms in total. The van der Waals surface area contributed by atoms with Crippen LogP contribution >= 0.6 is 0 Å². The third-order valence-electron chi connectivity index (χ3n) is 1.90. The lowest BCUT2D eigenvalue weighted by atomic mass is 10.3. The molecule has 0 saturated heterocycles. The molecule has 2 heterocycles. The van der Waals surface area contributed by atoms with Gasteiger partial charge in [-0.3, -0.25) is 0 Å². The van der Waals surface area contributed by atoms with Crippen LogP contribution < -0.4 is 5.32 Å². The van der Waals surface area contributed by atoms with Crippen molar-refractivity contribution >= 4 is 0 Å². The Bertz CT molecular complexity index is 413. The van der Waals surface area contributed by atoms with E-state index < -0.39 is 0 Å². The molecule has 0 radical (unpaired) electrons. The van der Waals surface area contributed by atoms with Crippen LogP contribution in [0.4, 0.5) is 0 Å². The highest BCUT2D eigenvalue weighted by Crippen LogP contribution is 2.14. The quantitative estimate of drug-likeness (QED) is 0.773. The van der Waals surface area contributed by atoms with Crippen molar-refractivity contribution in [3.8, 4) is 11.5 Å². The van der Waals surface area contributed by atoms with Gasteiger partial charge in [-0.05, 0) is 13.1 Å². The number of hydrogen-bond acceptors (Lipinski definition) is 6. The van der Waals surface area contributed by atoms with Gasteiger partial charge in [0.05, 0.1) is 18.0 Å². The molecule has 1 N–H and O–H groups in total. The monoisotopic (exact) mass is 205 g/mol. The maximum absolute atomic E-state index is 5.09. The molecule has 0 aliphatic rings. The van der Waals surface area contributed by atoms with E-state index in [9.17, 15) is 0 Å². The molecule has 2 aromatic heterocycles. The summed E-state index contributed by atoms with van der Waals surface area (Å²) in [5.41, 5.74) is 0.785. The summed E-state index contributed by atoms with van der Waals surface area (Å²) in [7, 11) is 1.88. The van der Waals surface area contributed by atoms with Gasteiger partial charge in [-0.1, -0.05) is 5.16 Å². The van der Waals surface area contributed by atoms with Crippen LogP contribution in [0.25, 0.3) is 11.5 Å². The number of nitrogens with zero attached hydrogens (tertiary/aromatic N) is 4. The molecule has 6 heteroatoms. The second-order valence-corrected chi connectivity index (χ2v) is 3.00. The van der Waals surface area contributed by atoms with Crippen molar-refractivity contribution in [2.45, 2.75) is 6.42 Å². The van der Waals surface area contributed by atoms with Crippen LogP contribution in [-0.2, 0) is 6.42 Å². The zero-order chi connectivity index (χ0) is 10.5. The molecule has 0 unspecified atom stereocenters. The molecule has 0 spiro atoms. The summed E-state index contributed by atoms with van der Waals surface area (Å²) >= 11 is 0. The number of aromatic nitrogens is 4. The van der Waals surface area contributed by atoms with Gasteiger partial charge >= 0.3 is 0 Å². The molecule has 0 amide bonds. The van der Waals surface area contributed by atoms with Crippen LogP contribution in [0.15, 0.2) is 23.0 Å². The van der Waals surface area contributed by atoms with Gasteiger partial charge < -0.3 is 9.84 Å². The molecule has 0 bridgehead atoms. The summed E-state index contributed by atoms with van der Waals surface area (Å²) in [6.07, 6.45) is 3.93. The molecule has 0 atom stereocenters. The first kappa shape index (κ1) is 9.72. The predicted molar refractivity (Wildman–Crippen MR) is 53.0 cm³/mol. The lowest BCUT2D eigenvalue weighted by Crippen LogP contribution is -2.10. The zero-order valence-corrected chi connectivity index (χ0v) is 8.34. The Morgan fingerprint density at radius 2 is 2.33 bits per heavy atom. The smallest absolute Gasteiger partial charge is 0.259 e. The number of nitrogens with one attached hydrogen (secondary N) is 1. The lowest BCUT2D eigenvalue weighted by molar-refractivity contribution is 0.422. The van der Waals surface area contributed by atoms with E-state index in [1.807, 2.05) is 7.05 Å². The van der Waals surface area contributed by atoms with Gasteiger partial charge in [0, 0.05) is 13.0 Å². The van der Waals surface area contributed by atoms with Crippen molar-refractivity contribution < 1.29 is 4.52 Å². The lowest BCUT2D eigenvalue weighted by Gasteiger charge is -1.91. The summed E-state index contributed by atoms with van der Waals surface area (Å²) in [5, 5.41) is 14.3. The van der Waals surface area contributed by atoms with Crippen molar-refractivity contribution in [2.24, 2.45) is 0 Å². The van der Waals surface area contributed by atoms with Crippen LogP contribution in [0, 0.1) is 0 Å². The molecular weight excluding hydrogens is 194 g/mol. The zero-order valence-electron chi connectivity index (χ0n) is 8.34. The predicted octanol–water partition coefficient (Wildman–Crippen LogP) is 0.288. The minimum Gasteiger partial charge on any atom is -0.334 e. The Labute approximate surface area is 86.7 Å². The summed E-state index contributed by atoms with van der Waals surface area (Å²) in [4.78, 5) is 4.23. The number of rotatable bonds is 4. The van der Waals surface area contributed by atoms with Gasteiger partial charge in [0.25, 0.3) is 5.89 Å². The van der Waals surface area contributed by atoms with Crippen LogP contribution in [0.5, 0.6) is 0 Å². The Morgan fingerprint density at radius 3 is 3.07 bits per heavy atom. The fourth-order valence-corrected chi connectivity index (χ4v) is 1.13. The van der Waals surface area contributed by atoms with Gasteiger partial charge in [0.2, 0.25) is 0 Å². The first-order valence-electron chi connectivity index (χ1n) is 4.64. The molecule has 15 heavy (non-hydrogen) atoms. The molecule has 2 rings (SSSR count). The summed E-state index contributed by atoms with van der Waals surface area (Å²) < 4.78 is 5.09. The topological polar surface area (TPSA) is 76.7 Å². The Hall–Kier alpha value is -1.82. The minimum absolute atomic E-state index is 0.482. The van der Waals surface area contributed by atoms with E-state index in [0.717, 1.165) is 18.5 Å². The van der Waals surface area contributed by atoms with Crippen LogP contribution in [-0.4, -0.2) is 33.9 Å². The summed E-state index contributed by atoms with van der Waals surface area (Å²) in [6, 6.07) is 1.78. The van der Waals surface area contributed by atoms with E-state index in [2.05, 4.69) is 25.7 Å². The highest BCUT2D eigenvalue weighted by Gasteiger charge is 2.07. The van der Waals surface area contributed by atoms with E-state index in [-0.39, 0.29) is 0 Å². The Balaban J connectivity index is 2.14. The summed E-state index contributed by atoms with van der Waals surface area (Å²) in [6.45, 7) is 0.827. The van der Waals surface area contributed by atoms with E-state index in [1.54, 1.807) is 18.5 Å². The maximum Gasteiger partial charge on any atom is 0.259 e. The number of likely N-dealkylation sites (N-methyl/N-ethyl adjacent to an activating group) is 1. The fraction of sp³-hybridized carbons (Fsp3) is 0.333. The van der Waals surface area contributed by atoms with E-state index in [1.165, 1.54) is 0 Å². The molecule has 0 aliphatic heterocycles. The average Bonchev–Trinajstić information content (AvgIpc) is 2.76. The molecule has 0 aromatic carbocycles. The number of hydrogen-bond donors (Lipinski definition) is 1. The van der Waals surface area contributed by atoms with E-state index in [4.69, 9.17) is 4.52 Å². The minimum atomic E-state index is 0.482. The molecule has 0 fully saturated rings. The second kappa shape index (κ2) is 4.61. The maximum atomic E-state index is 5.09. The highest BCUT2D eigenvalue weighted by molar-refractivity contribution is 5.49. The van der Waals surface area contributed by atoms with Gasteiger partial charge in [0.1, 0.15) is 0 Å². The molecule has 0 aliphatic carbocycles. The van der Waals surface area contributed by atoms with Crippen molar-refractivity contribution in [1.29, 1.82) is 0 Å². The molecule has 2 aromatic rings. The van der Waals surface area contributed by atoms with Gasteiger partial charge in [-0.15, -0.1) is 0 Å². The second-order valence-electron chi connectivity index (χ2n) is 3.00. The SMILES string of the molecule is CNCCc1noc(-c2ccnnc2)n1. The van der Waals surface area contributed by atoms with E-state index >= 15 is 0 Å². The Morgan fingerprint density at radius 1 is 1.40 bits per heavy atom. The van der Waals surface area contributed by atoms with Crippen molar-refractivity contribution in [3.63, 3.8) is 0 Å². The largest absolute Gasteiger partial charge is 0.334 e. The van der Waals surface area contributed by atoms with Crippen LogP contribution in [0.3, 0.4) is 0 Å². The molecule has 78 valence electrons. The van der Waals surface area contributed by atoms with Crippen molar-refractivity contribution in [3.05, 3.63) is 24.3 Å². The summed E-state index contributed by atoms with van der Waals surface area (Å²) in [5.74, 6) is 1.17. The third kappa shape index (κ3) is 2.35. The van der Waals surface area contributed by atoms with Gasteiger partial charge in [0.15, 0.2) is 5.82 Å². The normalized spacial score (nSPS) is 10.5. The standard InChI is InChI=1S/C9H11N5O/c1-10-4-3-8-13-9(15-14-8)7-2-5-11-12-6-7/h2,5-6,10H,3-4H2,1H3. The molecular formula is C9H11N5O. The van der Waals surface area contributed by atoms with Crippen LogP contribution in [0.2, 0.25) is 0 Å². The first-order valence-corrected chi connectivity index (χ1v) is 4.64. The molecule has 0 saturated carbocycles. The van der Waals surface area contributed by atoms with Crippen molar-refractivity contribution in [1.82, 2.24) is 25.7 Å². The Kier molecular flexibility index (Phi) is 2.99. The average molecular weight is 205 g/mol. The fourth-order valence-electron chi connectivity index (χ4n) is 1.13. The third-order valence-corrected chi connectivity index (χ3v) is 1.90.